The molecule has 2 aromatic carbocycles. The standard InChI is InChI=1S/C23H27N3O2/c1-15-8-10-20(17(3)11-15)25-24-13-18-14-26(22(27)28-23(4,5)6)21-12-16(2)7-9-19(18)21/h7-14,25H,1-6H3/b24-13+. The molecule has 0 spiro atoms. The molecule has 0 bridgehead atoms. The molecule has 0 saturated carbocycles. The van der Waals surface area contributed by atoms with Crippen LogP contribution in [0.5, 0.6) is 0 Å². The van der Waals surface area contributed by atoms with Crippen LogP contribution in [-0.4, -0.2) is 22.5 Å². The number of anilines is 1. The van der Waals surface area contributed by atoms with Crippen LogP contribution < -0.4 is 5.43 Å². The summed E-state index contributed by atoms with van der Waals surface area (Å²) < 4.78 is 7.10. The minimum absolute atomic E-state index is 0.398. The van der Waals surface area contributed by atoms with Crippen molar-refractivity contribution in [2.24, 2.45) is 5.10 Å². The van der Waals surface area contributed by atoms with Crippen LogP contribution in [0.25, 0.3) is 10.9 Å². The fourth-order valence-electron chi connectivity index (χ4n) is 3.04. The third-order valence-electron chi connectivity index (χ3n) is 4.35. The van der Waals surface area contributed by atoms with Gasteiger partial charge >= 0.3 is 6.09 Å². The quantitative estimate of drug-likeness (QED) is 0.464. The SMILES string of the molecule is Cc1ccc(N/N=C/c2cn(C(=O)OC(C)(C)C)c3cc(C)ccc23)c(C)c1. The zero-order valence-electron chi connectivity index (χ0n) is 17.3. The summed E-state index contributed by atoms with van der Waals surface area (Å²) in [5, 5.41) is 5.33. The molecule has 0 unspecified atom stereocenters. The smallest absolute Gasteiger partial charge is 0.419 e. The Bertz CT molecular complexity index is 1060. The Kier molecular flexibility index (Phi) is 5.27. The van der Waals surface area contributed by atoms with Crippen LogP contribution >= 0.6 is 0 Å². The molecule has 5 nitrogen and oxygen atoms in total. The molecule has 0 fully saturated rings. The van der Waals surface area contributed by atoms with Gasteiger partial charge in [-0.15, -0.1) is 0 Å². The first-order chi connectivity index (χ1) is 13.1. The largest absolute Gasteiger partial charge is 0.443 e. The fraction of sp³-hybridized carbons (Fsp3) is 0.304. The molecular formula is C23H27N3O2. The molecule has 3 aromatic rings. The highest BCUT2D eigenvalue weighted by atomic mass is 16.6. The lowest BCUT2D eigenvalue weighted by Crippen LogP contribution is -2.26. The van der Waals surface area contributed by atoms with Gasteiger partial charge in [-0.25, -0.2) is 4.79 Å². The first kappa shape index (κ1) is 19.7. The zero-order valence-corrected chi connectivity index (χ0v) is 17.3. The van der Waals surface area contributed by atoms with E-state index in [0.29, 0.717) is 0 Å². The Morgan fingerprint density at radius 2 is 1.75 bits per heavy atom. The van der Waals surface area contributed by atoms with Gasteiger partial charge in [0.05, 0.1) is 17.4 Å². The van der Waals surface area contributed by atoms with Crippen molar-refractivity contribution in [3.8, 4) is 0 Å². The maximum Gasteiger partial charge on any atom is 0.419 e. The number of carbonyl (C=O) groups excluding carboxylic acids is 1. The first-order valence-electron chi connectivity index (χ1n) is 9.35. The van der Waals surface area contributed by atoms with E-state index >= 15 is 0 Å². The summed E-state index contributed by atoms with van der Waals surface area (Å²) in [6, 6.07) is 12.2. The van der Waals surface area contributed by atoms with Crippen molar-refractivity contribution in [2.45, 2.75) is 47.1 Å². The van der Waals surface area contributed by atoms with Crippen LogP contribution in [0.1, 0.15) is 43.0 Å². The number of aromatic nitrogens is 1. The van der Waals surface area contributed by atoms with E-state index in [1.54, 1.807) is 17.0 Å². The van der Waals surface area contributed by atoms with Gasteiger partial charge in [0.2, 0.25) is 0 Å². The second-order valence-corrected chi connectivity index (χ2v) is 8.14. The van der Waals surface area contributed by atoms with Gasteiger partial charge in [-0.1, -0.05) is 29.8 Å². The monoisotopic (exact) mass is 377 g/mol. The summed E-state index contributed by atoms with van der Waals surface area (Å²) in [4.78, 5) is 12.7. The fourth-order valence-corrected chi connectivity index (χ4v) is 3.04. The number of benzene rings is 2. The Labute approximate surface area is 166 Å². The van der Waals surface area contributed by atoms with Gasteiger partial charge in [0.25, 0.3) is 0 Å². The van der Waals surface area contributed by atoms with Gasteiger partial charge in [-0.3, -0.25) is 9.99 Å². The molecule has 1 aromatic heterocycles. The molecule has 0 aliphatic carbocycles. The van der Waals surface area contributed by atoms with Gasteiger partial charge in [-0.05, 0) is 64.8 Å². The molecular weight excluding hydrogens is 350 g/mol. The minimum Gasteiger partial charge on any atom is -0.443 e. The Hall–Kier alpha value is -3.08. The maximum atomic E-state index is 12.7. The summed E-state index contributed by atoms with van der Waals surface area (Å²) in [6.07, 6.45) is 3.11. The lowest BCUT2D eigenvalue weighted by Gasteiger charge is -2.19. The van der Waals surface area contributed by atoms with E-state index in [2.05, 4.69) is 23.5 Å². The van der Waals surface area contributed by atoms with Crippen LogP contribution in [-0.2, 0) is 4.74 Å². The van der Waals surface area contributed by atoms with Crippen molar-refractivity contribution in [1.29, 1.82) is 0 Å². The van der Waals surface area contributed by atoms with Crippen LogP contribution in [0.3, 0.4) is 0 Å². The van der Waals surface area contributed by atoms with Gasteiger partial charge < -0.3 is 4.74 Å². The number of nitrogens with zero attached hydrogens (tertiary/aromatic N) is 2. The molecule has 28 heavy (non-hydrogen) atoms. The third-order valence-corrected chi connectivity index (χ3v) is 4.35. The number of hydrazone groups is 1. The van der Waals surface area contributed by atoms with E-state index < -0.39 is 11.7 Å². The number of fused-ring (bicyclic) bond motifs is 1. The predicted molar refractivity (Wildman–Crippen MR) is 115 cm³/mol. The minimum atomic E-state index is -0.559. The van der Waals surface area contributed by atoms with E-state index in [9.17, 15) is 4.79 Å². The summed E-state index contributed by atoms with van der Waals surface area (Å²) >= 11 is 0. The predicted octanol–water partition coefficient (Wildman–Crippen LogP) is 5.80. The molecule has 0 radical (unpaired) electrons. The number of nitrogens with one attached hydrogen (secondary N) is 1. The van der Waals surface area contributed by atoms with Crippen molar-refractivity contribution in [1.82, 2.24) is 4.57 Å². The molecule has 0 amide bonds. The van der Waals surface area contributed by atoms with Crippen LogP contribution in [0, 0.1) is 20.8 Å². The second kappa shape index (κ2) is 7.50. The molecule has 1 heterocycles. The number of hydrogen-bond acceptors (Lipinski definition) is 4. The van der Waals surface area contributed by atoms with Crippen molar-refractivity contribution in [3.05, 3.63) is 64.8 Å². The number of hydrogen-bond donors (Lipinski definition) is 1. The third kappa shape index (κ3) is 4.42. The lowest BCUT2D eigenvalue weighted by molar-refractivity contribution is 0.0544. The molecule has 1 N–H and O–H groups in total. The molecule has 0 aliphatic heterocycles. The van der Waals surface area contributed by atoms with Crippen LogP contribution in [0.15, 0.2) is 47.7 Å². The number of carbonyl (C=O) groups is 1. The van der Waals surface area contributed by atoms with E-state index in [4.69, 9.17) is 4.74 Å². The van der Waals surface area contributed by atoms with Crippen molar-refractivity contribution in [3.63, 3.8) is 0 Å². The first-order valence-corrected chi connectivity index (χ1v) is 9.35. The summed E-state index contributed by atoms with van der Waals surface area (Å²) in [6.45, 7) is 11.7. The molecule has 5 heteroatoms. The normalized spacial score (nSPS) is 11.9. The van der Waals surface area contributed by atoms with Gasteiger partial charge in [0.15, 0.2) is 0 Å². The highest BCUT2D eigenvalue weighted by Crippen LogP contribution is 2.23. The average molecular weight is 377 g/mol. The van der Waals surface area contributed by atoms with Crippen LogP contribution in [0.2, 0.25) is 0 Å². The zero-order chi connectivity index (χ0) is 20.5. The maximum absolute atomic E-state index is 12.7. The Morgan fingerprint density at radius 1 is 1.07 bits per heavy atom. The van der Waals surface area contributed by atoms with Gasteiger partial charge in [0.1, 0.15) is 5.60 Å². The van der Waals surface area contributed by atoms with E-state index in [0.717, 1.165) is 33.3 Å². The van der Waals surface area contributed by atoms with Crippen molar-refractivity contribution in [2.75, 3.05) is 5.43 Å². The number of aryl methyl sites for hydroxylation is 3. The number of rotatable bonds is 3. The van der Waals surface area contributed by atoms with E-state index in [1.807, 2.05) is 65.0 Å². The topological polar surface area (TPSA) is 55.6 Å². The second-order valence-electron chi connectivity index (χ2n) is 8.14. The van der Waals surface area contributed by atoms with Crippen molar-refractivity contribution >= 4 is 28.9 Å². The highest BCUT2D eigenvalue weighted by Gasteiger charge is 2.20. The van der Waals surface area contributed by atoms with Gasteiger partial charge in [0, 0.05) is 17.1 Å². The lowest BCUT2D eigenvalue weighted by atomic mass is 10.1. The molecule has 0 saturated heterocycles. The van der Waals surface area contributed by atoms with E-state index in [-0.39, 0.29) is 0 Å². The highest BCUT2D eigenvalue weighted by molar-refractivity contribution is 6.03. The van der Waals surface area contributed by atoms with E-state index in [1.165, 1.54) is 5.56 Å². The number of ether oxygens (including phenoxy) is 1. The molecule has 0 aliphatic rings. The Morgan fingerprint density at radius 3 is 2.43 bits per heavy atom. The van der Waals surface area contributed by atoms with Crippen molar-refractivity contribution < 1.29 is 9.53 Å². The average Bonchev–Trinajstić information content (AvgIpc) is 2.93. The van der Waals surface area contributed by atoms with Crippen LogP contribution in [0.4, 0.5) is 10.5 Å². The molecule has 146 valence electrons. The van der Waals surface area contributed by atoms with Gasteiger partial charge in [-0.2, -0.15) is 5.10 Å². The molecule has 0 atom stereocenters. The summed E-state index contributed by atoms with van der Waals surface area (Å²) in [5.41, 5.74) is 8.55. The summed E-state index contributed by atoms with van der Waals surface area (Å²) in [7, 11) is 0. The molecule has 3 rings (SSSR count). The summed E-state index contributed by atoms with van der Waals surface area (Å²) in [5.74, 6) is 0. The Balaban J connectivity index is 1.94.